The van der Waals surface area contributed by atoms with Gasteiger partial charge in [-0.05, 0) is 38.7 Å². The lowest BCUT2D eigenvalue weighted by Gasteiger charge is -2.43. The van der Waals surface area contributed by atoms with E-state index in [1.165, 1.54) is 0 Å². The molecule has 1 N–H and O–H groups in total. The van der Waals surface area contributed by atoms with E-state index in [1.54, 1.807) is 4.90 Å². The Balaban J connectivity index is 1.91. The van der Waals surface area contributed by atoms with Gasteiger partial charge in [0.05, 0.1) is 5.41 Å². The number of nitrogens with zero attached hydrogens (tertiary/aromatic N) is 1. The van der Waals surface area contributed by atoms with Crippen molar-refractivity contribution in [2.75, 3.05) is 19.6 Å². The third-order valence-corrected chi connectivity index (χ3v) is 4.74. The fourth-order valence-electron chi connectivity index (χ4n) is 3.65. The van der Waals surface area contributed by atoms with Crippen molar-refractivity contribution >= 4 is 12.0 Å². The topological polar surface area (TPSA) is 58.6 Å². The smallest absolute Gasteiger partial charge is 0.410 e. The van der Waals surface area contributed by atoms with Crippen molar-refractivity contribution in [2.24, 2.45) is 5.92 Å². The molecule has 0 bridgehead atoms. The minimum absolute atomic E-state index is 0.0157. The number of nitrogens with one attached hydrogen (secondary N) is 1. The molecule has 2 fully saturated rings. The van der Waals surface area contributed by atoms with Gasteiger partial charge in [-0.2, -0.15) is 0 Å². The Morgan fingerprint density at radius 3 is 2.65 bits per heavy atom. The lowest BCUT2D eigenvalue weighted by molar-refractivity contribution is -0.126. The summed E-state index contributed by atoms with van der Waals surface area (Å²) in [6, 6.07) is 9.79. The summed E-state index contributed by atoms with van der Waals surface area (Å²) < 4.78 is 5.50. The van der Waals surface area contributed by atoms with Crippen molar-refractivity contribution in [3.05, 3.63) is 35.9 Å². The maximum atomic E-state index is 12.7. The Bertz CT molecular complexity index is 608. The lowest BCUT2D eigenvalue weighted by atomic mass is 9.68. The van der Waals surface area contributed by atoms with Gasteiger partial charge in [-0.25, -0.2) is 4.79 Å². The first kappa shape index (κ1) is 15.8. The van der Waals surface area contributed by atoms with Crippen molar-refractivity contribution in [3.8, 4) is 0 Å². The van der Waals surface area contributed by atoms with Crippen molar-refractivity contribution in [1.29, 1.82) is 0 Å². The van der Waals surface area contributed by atoms with E-state index < -0.39 is 11.0 Å². The van der Waals surface area contributed by atoms with E-state index >= 15 is 0 Å². The Hall–Kier alpha value is -2.04. The van der Waals surface area contributed by atoms with Crippen LogP contribution in [-0.4, -0.2) is 42.1 Å². The van der Waals surface area contributed by atoms with Gasteiger partial charge in [-0.3, -0.25) is 4.79 Å². The second-order valence-corrected chi connectivity index (χ2v) is 7.43. The summed E-state index contributed by atoms with van der Waals surface area (Å²) in [5.74, 6) is 0.234. The number of ether oxygens (including phenoxy) is 1. The van der Waals surface area contributed by atoms with Crippen LogP contribution in [0.4, 0.5) is 4.79 Å². The minimum atomic E-state index is -0.656. The van der Waals surface area contributed by atoms with Crippen LogP contribution in [0.5, 0.6) is 0 Å². The normalized spacial score (nSPS) is 27.3. The summed E-state index contributed by atoms with van der Waals surface area (Å²) in [4.78, 5) is 26.8. The summed E-state index contributed by atoms with van der Waals surface area (Å²) in [7, 11) is 0. The number of likely N-dealkylation sites (tertiary alicyclic amines) is 1. The minimum Gasteiger partial charge on any atom is -0.444 e. The van der Waals surface area contributed by atoms with E-state index in [-0.39, 0.29) is 17.9 Å². The van der Waals surface area contributed by atoms with Crippen LogP contribution in [0.3, 0.4) is 0 Å². The summed E-state index contributed by atoms with van der Waals surface area (Å²) in [5.41, 5.74) is -0.212. The molecule has 2 aliphatic rings. The average Bonchev–Trinajstić information content (AvgIpc) is 2.84. The number of amides is 2. The van der Waals surface area contributed by atoms with Crippen LogP contribution in [0.15, 0.2) is 30.3 Å². The van der Waals surface area contributed by atoms with Crippen molar-refractivity contribution in [3.63, 3.8) is 0 Å². The van der Waals surface area contributed by atoms with E-state index in [0.717, 1.165) is 12.0 Å². The van der Waals surface area contributed by atoms with Gasteiger partial charge >= 0.3 is 6.09 Å². The third-order valence-electron chi connectivity index (χ3n) is 4.74. The van der Waals surface area contributed by atoms with Crippen LogP contribution in [0.1, 0.15) is 32.8 Å². The predicted molar refractivity (Wildman–Crippen MR) is 87.0 cm³/mol. The first-order chi connectivity index (χ1) is 10.8. The van der Waals surface area contributed by atoms with Crippen LogP contribution in [0.2, 0.25) is 0 Å². The van der Waals surface area contributed by atoms with Crippen LogP contribution >= 0.6 is 0 Å². The maximum absolute atomic E-state index is 12.7. The number of hydrogen-bond donors (Lipinski definition) is 1. The summed E-state index contributed by atoms with van der Waals surface area (Å²) >= 11 is 0. The highest BCUT2D eigenvalue weighted by Crippen LogP contribution is 2.42. The number of rotatable bonds is 1. The number of carbonyl (C=O) groups is 2. The Kier molecular flexibility index (Phi) is 3.82. The highest BCUT2D eigenvalue weighted by atomic mass is 16.6. The lowest BCUT2D eigenvalue weighted by Crippen LogP contribution is -2.56. The summed E-state index contributed by atoms with van der Waals surface area (Å²) in [6.07, 6.45) is 0.457. The first-order valence-corrected chi connectivity index (χ1v) is 8.15. The zero-order chi connectivity index (χ0) is 16.7. The predicted octanol–water partition coefficient (Wildman–Crippen LogP) is 2.31. The number of fused-ring (bicyclic) bond motifs is 1. The van der Waals surface area contributed by atoms with E-state index in [0.29, 0.717) is 19.6 Å². The number of hydrogen-bond acceptors (Lipinski definition) is 3. The van der Waals surface area contributed by atoms with Gasteiger partial charge < -0.3 is 15.0 Å². The van der Waals surface area contributed by atoms with E-state index in [1.807, 2.05) is 51.1 Å². The molecule has 0 aromatic heterocycles. The fraction of sp³-hybridized carbons (Fsp3) is 0.556. The molecule has 0 saturated carbocycles. The monoisotopic (exact) mass is 316 g/mol. The highest BCUT2D eigenvalue weighted by molar-refractivity contribution is 5.92. The molecule has 1 aromatic rings. The van der Waals surface area contributed by atoms with E-state index in [9.17, 15) is 9.59 Å². The molecule has 0 aliphatic carbocycles. The molecule has 124 valence electrons. The van der Waals surface area contributed by atoms with E-state index in [2.05, 4.69) is 5.32 Å². The second-order valence-electron chi connectivity index (χ2n) is 7.43. The molecule has 2 heterocycles. The summed E-state index contributed by atoms with van der Waals surface area (Å²) in [6.45, 7) is 7.24. The second kappa shape index (κ2) is 5.55. The van der Waals surface area contributed by atoms with Crippen LogP contribution in [0, 0.1) is 5.92 Å². The quantitative estimate of drug-likeness (QED) is 0.865. The molecule has 2 atom stereocenters. The van der Waals surface area contributed by atoms with Gasteiger partial charge in [0.25, 0.3) is 0 Å². The molecule has 23 heavy (non-hydrogen) atoms. The highest BCUT2D eigenvalue weighted by Gasteiger charge is 2.55. The van der Waals surface area contributed by atoms with Gasteiger partial charge in [-0.15, -0.1) is 0 Å². The van der Waals surface area contributed by atoms with Crippen LogP contribution < -0.4 is 5.32 Å². The van der Waals surface area contributed by atoms with Crippen molar-refractivity contribution in [1.82, 2.24) is 10.2 Å². The fourth-order valence-corrected chi connectivity index (χ4v) is 3.65. The third kappa shape index (κ3) is 2.80. The molecular formula is C18H24N2O3. The molecule has 2 unspecified atom stereocenters. The van der Waals surface area contributed by atoms with Crippen LogP contribution in [-0.2, 0) is 14.9 Å². The molecule has 2 saturated heterocycles. The number of piperidine rings is 1. The molecule has 5 heteroatoms. The average molecular weight is 316 g/mol. The zero-order valence-electron chi connectivity index (χ0n) is 14.0. The van der Waals surface area contributed by atoms with Crippen LogP contribution in [0.25, 0.3) is 0 Å². The van der Waals surface area contributed by atoms with Crippen molar-refractivity contribution < 1.29 is 14.3 Å². The Morgan fingerprint density at radius 1 is 1.30 bits per heavy atom. The first-order valence-electron chi connectivity index (χ1n) is 8.15. The largest absolute Gasteiger partial charge is 0.444 e. The van der Waals surface area contributed by atoms with Gasteiger partial charge in [0.1, 0.15) is 5.60 Å². The molecule has 0 spiro atoms. The zero-order valence-corrected chi connectivity index (χ0v) is 14.0. The SMILES string of the molecule is CC(C)(C)OC(=O)N1CCC2CNC(=O)C2(c2ccccc2)C1. The molecule has 2 aliphatic heterocycles. The Labute approximate surface area is 137 Å². The number of benzene rings is 1. The van der Waals surface area contributed by atoms with Crippen molar-refractivity contribution in [2.45, 2.75) is 38.2 Å². The van der Waals surface area contributed by atoms with Gasteiger partial charge in [0.2, 0.25) is 5.91 Å². The molecule has 5 nitrogen and oxygen atoms in total. The summed E-state index contributed by atoms with van der Waals surface area (Å²) in [5, 5.41) is 2.99. The molecule has 2 amide bonds. The van der Waals surface area contributed by atoms with Gasteiger partial charge in [0.15, 0.2) is 0 Å². The molecular weight excluding hydrogens is 292 g/mol. The molecule has 1 aromatic carbocycles. The number of carbonyl (C=O) groups excluding carboxylic acids is 2. The standard InChI is InChI=1S/C18H24N2O3/c1-17(2,3)23-16(22)20-10-9-14-11-19-15(21)18(14,12-20)13-7-5-4-6-8-13/h4-8,14H,9-12H2,1-3H3,(H,19,21). The maximum Gasteiger partial charge on any atom is 0.410 e. The van der Waals surface area contributed by atoms with Gasteiger partial charge in [0, 0.05) is 19.6 Å². The molecule has 3 rings (SSSR count). The molecule has 0 radical (unpaired) electrons. The van der Waals surface area contributed by atoms with E-state index in [4.69, 9.17) is 4.74 Å². The van der Waals surface area contributed by atoms with Gasteiger partial charge in [-0.1, -0.05) is 30.3 Å². The Morgan fingerprint density at radius 2 is 2.00 bits per heavy atom.